The van der Waals surface area contributed by atoms with Crippen LogP contribution in [-0.4, -0.2) is 18.4 Å². The van der Waals surface area contributed by atoms with Gasteiger partial charge >= 0.3 is 0 Å². The van der Waals surface area contributed by atoms with Gasteiger partial charge in [0.25, 0.3) is 0 Å². The van der Waals surface area contributed by atoms with Gasteiger partial charge in [-0.05, 0) is 30.4 Å². The average Bonchev–Trinajstić information content (AvgIpc) is 2.83. The van der Waals surface area contributed by atoms with Crippen molar-refractivity contribution < 1.29 is 9.59 Å². The number of piperidine rings is 1. The summed E-state index contributed by atoms with van der Waals surface area (Å²) in [5.41, 5.74) is 2.58. The lowest BCUT2D eigenvalue weighted by atomic mass is 9.97. The third kappa shape index (κ3) is 2.48. The number of carbonyl (C=O) groups is 2. The fourth-order valence-corrected chi connectivity index (χ4v) is 2.95. The molecule has 0 radical (unpaired) electrons. The first kappa shape index (κ1) is 12.2. The summed E-state index contributed by atoms with van der Waals surface area (Å²) in [6.45, 7) is 0.471. The molecule has 1 aromatic rings. The first-order chi connectivity index (χ1) is 9.24. The summed E-state index contributed by atoms with van der Waals surface area (Å²) in [6.07, 6.45) is 3.12. The van der Waals surface area contributed by atoms with Crippen LogP contribution in [0, 0.1) is 5.92 Å². The normalized spacial score (nSPS) is 25.6. The van der Waals surface area contributed by atoms with Crippen LogP contribution in [0.5, 0.6) is 0 Å². The van der Waals surface area contributed by atoms with E-state index in [-0.39, 0.29) is 23.8 Å². The summed E-state index contributed by atoms with van der Waals surface area (Å²) in [5, 5.41) is 5.89. The third-order valence-electron chi connectivity index (χ3n) is 4.09. The van der Waals surface area contributed by atoms with Gasteiger partial charge in [0, 0.05) is 13.0 Å². The van der Waals surface area contributed by atoms with E-state index in [2.05, 4.69) is 22.8 Å². The zero-order valence-corrected chi connectivity index (χ0v) is 10.8. The number of hydrogen-bond donors (Lipinski definition) is 2. The summed E-state index contributed by atoms with van der Waals surface area (Å²) >= 11 is 0. The van der Waals surface area contributed by atoms with Crippen molar-refractivity contribution in [2.45, 2.75) is 31.7 Å². The minimum atomic E-state index is -0.0783. The van der Waals surface area contributed by atoms with Gasteiger partial charge in [-0.2, -0.15) is 0 Å². The number of rotatable bonds is 2. The molecule has 1 aliphatic heterocycles. The lowest BCUT2D eigenvalue weighted by Crippen LogP contribution is -2.43. The maximum absolute atomic E-state index is 12.2. The summed E-state index contributed by atoms with van der Waals surface area (Å²) in [5.74, 6) is 0.0439. The van der Waals surface area contributed by atoms with Gasteiger partial charge in [-0.3, -0.25) is 9.59 Å². The zero-order valence-electron chi connectivity index (χ0n) is 10.8. The van der Waals surface area contributed by atoms with Crippen molar-refractivity contribution in [3.05, 3.63) is 35.4 Å². The summed E-state index contributed by atoms with van der Waals surface area (Å²) in [4.78, 5) is 23.3. The van der Waals surface area contributed by atoms with E-state index in [0.717, 1.165) is 12.8 Å². The molecule has 19 heavy (non-hydrogen) atoms. The standard InChI is InChI=1S/C15H18N2O2/c18-14-8-6-11(9-16-14)15(19)17-13-7-5-10-3-1-2-4-12(10)13/h1-4,11,13H,5-9H2,(H,16,18)(H,17,19). The Hall–Kier alpha value is -1.84. The van der Waals surface area contributed by atoms with Gasteiger partial charge in [0.2, 0.25) is 11.8 Å². The molecule has 1 heterocycles. The number of hydrogen-bond acceptors (Lipinski definition) is 2. The lowest BCUT2D eigenvalue weighted by molar-refractivity contribution is -0.129. The fourth-order valence-electron chi connectivity index (χ4n) is 2.95. The van der Waals surface area contributed by atoms with E-state index in [1.807, 2.05) is 12.1 Å². The van der Waals surface area contributed by atoms with E-state index in [1.54, 1.807) is 0 Å². The molecular weight excluding hydrogens is 240 g/mol. The minimum Gasteiger partial charge on any atom is -0.355 e. The molecule has 1 aromatic carbocycles. The van der Waals surface area contributed by atoms with Gasteiger partial charge in [0.15, 0.2) is 0 Å². The SMILES string of the molecule is O=C1CCC(C(=O)NC2CCc3ccccc32)CN1. The summed E-state index contributed by atoms with van der Waals surface area (Å²) < 4.78 is 0. The maximum atomic E-state index is 12.2. The second-order valence-corrected chi connectivity index (χ2v) is 5.34. The van der Waals surface area contributed by atoms with Crippen molar-refractivity contribution in [1.82, 2.24) is 10.6 Å². The summed E-state index contributed by atoms with van der Waals surface area (Å²) in [6, 6.07) is 8.42. The molecule has 2 aliphatic rings. The molecule has 0 spiro atoms. The second kappa shape index (κ2) is 5.03. The predicted molar refractivity (Wildman–Crippen MR) is 71.4 cm³/mol. The minimum absolute atomic E-state index is 0.0512. The number of carbonyl (C=O) groups excluding carboxylic acids is 2. The molecule has 0 saturated carbocycles. The van der Waals surface area contributed by atoms with E-state index in [1.165, 1.54) is 11.1 Å². The highest BCUT2D eigenvalue weighted by atomic mass is 16.2. The van der Waals surface area contributed by atoms with Crippen LogP contribution in [0.15, 0.2) is 24.3 Å². The van der Waals surface area contributed by atoms with Crippen molar-refractivity contribution in [2.24, 2.45) is 5.92 Å². The molecule has 2 N–H and O–H groups in total. The maximum Gasteiger partial charge on any atom is 0.225 e. The Bertz CT molecular complexity index is 503. The Balaban J connectivity index is 1.63. The Morgan fingerprint density at radius 2 is 2.05 bits per heavy atom. The number of aryl methyl sites for hydroxylation is 1. The fraction of sp³-hybridized carbons (Fsp3) is 0.467. The van der Waals surface area contributed by atoms with Gasteiger partial charge in [0.05, 0.1) is 12.0 Å². The van der Waals surface area contributed by atoms with Crippen molar-refractivity contribution in [3.8, 4) is 0 Å². The molecule has 0 aromatic heterocycles. The van der Waals surface area contributed by atoms with Crippen LogP contribution in [0.2, 0.25) is 0 Å². The van der Waals surface area contributed by atoms with Gasteiger partial charge in [0.1, 0.15) is 0 Å². The van der Waals surface area contributed by atoms with Crippen molar-refractivity contribution >= 4 is 11.8 Å². The molecular formula is C15H18N2O2. The highest BCUT2D eigenvalue weighted by Gasteiger charge is 2.28. The Morgan fingerprint density at radius 1 is 1.21 bits per heavy atom. The van der Waals surface area contributed by atoms with Crippen LogP contribution in [-0.2, 0) is 16.0 Å². The van der Waals surface area contributed by atoms with E-state index in [0.29, 0.717) is 19.4 Å². The Morgan fingerprint density at radius 3 is 2.84 bits per heavy atom. The lowest BCUT2D eigenvalue weighted by Gasteiger charge is -2.24. The largest absolute Gasteiger partial charge is 0.355 e. The third-order valence-corrected chi connectivity index (χ3v) is 4.09. The van der Waals surface area contributed by atoms with Crippen LogP contribution in [0.3, 0.4) is 0 Å². The van der Waals surface area contributed by atoms with E-state index >= 15 is 0 Å². The van der Waals surface area contributed by atoms with E-state index < -0.39 is 0 Å². The van der Waals surface area contributed by atoms with Crippen LogP contribution in [0.1, 0.15) is 36.4 Å². The van der Waals surface area contributed by atoms with E-state index in [9.17, 15) is 9.59 Å². The quantitative estimate of drug-likeness (QED) is 0.840. The van der Waals surface area contributed by atoms with Crippen molar-refractivity contribution in [2.75, 3.05) is 6.54 Å². The van der Waals surface area contributed by atoms with Crippen molar-refractivity contribution in [3.63, 3.8) is 0 Å². The monoisotopic (exact) mass is 258 g/mol. The van der Waals surface area contributed by atoms with E-state index in [4.69, 9.17) is 0 Å². The molecule has 1 saturated heterocycles. The molecule has 4 heteroatoms. The smallest absolute Gasteiger partial charge is 0.225 e. The second-order valence-electron chi connectivity index (χ2n) is 5.34. The predicted octanol–water partition coefficient (Wildman–Crippen LogP) is 1.32. The molecule has 2 unspecified atom stereocenters. The first-order valence-corrected chi connectivity index (χ1v) is 6.89. The van der Waals surface area contributed by atoms with Gasteiger partial charge in [-0.1, -0.05) is 24.3 Å². The highest BCUT2D eigenvalue weighted by molar-refractivity contribution is 5.84. The summed E-state index contributed by atoms with van der Waals surface area (Å²) in [7, 11) is 0. The number of amides is 2. The van der Waals surface area contributed by atoms with Gasteiger partial charge in [-0.15, -0.1) is 0 Å². The van der Waals surface area contributed by atoms with Gasteiger partial charge < -0.3 is 10.6 Å². The zero-order chi connectivity index (χ0) is 13.2. The Labute approximate surface area is 112 Å². The highest BCUT2D eigenvalue weighted by Crippen LogP contribution is 2.31. The molecule has 4 nitrogen and oxygen atoms in total. The Kier molecular flexibility index (Phi) is 3.23. The number of nitrogens with one attached hydrogen (secondary N) is 2. The van der Waals surface area contributed by atoms with Gasteiger partial charge in [-0.25, -0.2) is 0 Å². The topological polar surface area (TPSA) is 58.2 Å². The molecule has 100 valence electrons. The first-order valence-electron chi connectivity index (χ1n) is 6.89. The molecule has 0 bridgehead atoms. The average molecular weight is 258 g/mol. The van der Waals surface area contributed by atoms with Crippen LogP contribution >= 0.6 is 0 Å². The van der Waals surface area contributed by atoms with Crippen molar-refractivity contribution in [1.29, 1.82) is 0 Å². The molecule has 3 rings (SSSR count). The molecule has 1 fully saturated rings. The van der Waals surface area contributed by atoms with Crippen LogP contribution in [0.4, 0.5) is 0 Å². The number of fused-ring (bicyclic) bond motifs is 1. The van der Waals surface area contributed by atoms with Crippen LogP contribution < -0.4 is 10.6 Å². The van der Waals surface area contributed by atoms with Crippen LogP contribution in [0.25, 0.3) is 0 Å². The molecule has 1 aliphatic carbocycles. The molecule has 2 atom stereocenters. The number of benzene rings is 1. The molecule has 2 amide bonds.